The van der Waals surface area contributed by atoms with Gasteiger partial charge in [-0.05, 0) is 35.7 Å². The lowest BCUT2D eigenvalue weighted by atomic mass is 9.98. The monoisotopic (exact) mass is 533 g/mol. The number of hydrogen-bond acceptors (Lipinski definition) is 5. The minimum Gasteiger partial charge on any atom is -0.380 e. The van der Waals surface area contributed by atoms with E-state index in [1.54, 1.807) is 12.1 Å². The van der Waals surface area contributed by atoms with Crippen LogP contribution in [-0.2, 0) is 30.1 Å². The molecule has 0 unspecified atom stereocenters. The molecule has 1 amide bonds. The second kappa shape index (κ2) is 9.15. The van der Waals surface area contributed by atoms with Crippen molar-refractivity contribution in [2.75, 3.05) is 10.6 Å². The fraction of sp³-hybridized carbons (Fsp3) is 0.200. The average Bonchev–Trinajstić information content (AvgIpc) is 3.50. The van der Waals surface area contributed by atoms with Crippen molar-refractivity contribution in [3.05, 3.63) is 76.9 Å². The number of nitrogens with one attached hydrogen (secondary N) is 2. The van der Waals surface area contributed by atoms with E-state index in [1.165, 1.54) is 6.07 Å². The molecule has 0 atom stereocenters. The van der Waals surface area contributed by atoms with Crippen molar-refractivity contribution in [3.8, 4) is 5.69 Å². The number of alkyl halides is 6. The number of aromatic nitrogens is 3. The van der Waals surface area contributed by atoms with E-state index in [2.05, 4.69) is 20.7 Å². The highest BCUT2D eigenvalue weighted by Crippen LogP contribution is 2.42. The van der Waals surface area contributed by atoms with Crippen LogP contribution in [0.15, 0.2) is 48.8 Å². The van der Waals surface area contributed by atoms with Crippen LogP contribution in [0.3, 0.4) is 0 Å². The third kappa shape index (κ3) is 4.44. The largest absolute Gasteiger partial charge is 0.434 e. The molecule has 0 saturated heterocycles. The number of aryl methyl sites for hydroxylation is 1. The molecular weight excluding hydrogens is 516 g/mol. The van der Waals surface area contributed by atoms with E-state index in [1.807, 2.05) is 6.07 Å². The Labute approximate surface area is 210 Å². The van der Waals surface area contributed by atoms with Gasteiger partial charge < -0.3 is 15.4 Å². The zero-order chi connectivity index (χ0) is 27.2. The summed E-state index contributed by atoms with van der Waals surface area (Å²) in [7, 11) is 0. The van der Waals surface area contributed by atoms with Gasteiger partial charge in [0.25, 0.3) is 5.91 Å². The minimum atomic E-state index is -5.05. The van der Waals surface area contributed by atoms with E-state index in [-0.39, 0.29) is 24.2 Å². The molecule has 38 heavy (non-hydrogen) atoms. The summed E-state index contributed by atoms with van der Waals surface area (Å²) in [5.74, 6) is -1.29. The van der Waals surface area contributed by atoms with Gasteiger partial charge in [0.1, 0.15) is 12.0 Å². The van der Waals surface area contributed by atoms with E-state index in [0.29, 0.717) is 39.9 Å². The van der Waals surface area contributed by atoms with Crippen LogP contribution < -0.4 is 10.6 Å². The first kappa shape index (κ1) is 25.2. The lowest BCUT2D eigenvalue weighted by molar-refractivity contribution is -0.143. The number of amides is 1. The topological polar surface area (TPSA) is 88.9 Å². The fourth-order valence-electron chi connectivity index (χ4n) is 4.54. The van der Waals surface area contributed by atoms with Crippen molar-refractivity contribution in [1.82, 2.24) is 14.8 Å². The van der Waals surface area contributed by atoms with Crippen molar-refractivity contribution < 1.29 is 35.9 Å². The smallest absolute Gasteiger partial charge is 0.380 e. The van der Waals surface area contributed by atoms with Gasteiger partial charge in [-0.3, -0.25) is 9.78 Å². The molecule has 0 spiro atoms. The van der Waals surface area contributed by atoms with Gasteiger partial charge in [-0.25, -0.2) is 4.68 Å². The summed E-state index contributed by atoms with van der Waals surface area (Å²) in [5.41, 5.74) is -1.74. The zero-order valence-corrected chi connectivity index (χ0v) is 19.2. The fourth-order valence-corrected chi connectivity index (χ4v) is 4.54. The quantitative estimate of drug-likeness (QED) is 0.243. The highest BCUT2D eigenvalue weighted by Gasteiger charge is 2.41. The molecule has 13 heteroatoms. The van der Waals surface area contributed by atoms with Gasteiger partial charge in [0, 0.05) is 41.3 Å². The highest BCUT2D eigenvalue weighted by molar-refractivity contribution is 6.07. The summed E-state index contributed by atoms with van der Waals surface area (Å²) < 4.78 is 82.6. The van der Waals surface area contributed by atoms with Crippen LogP contribution in [0.2, 0.25) is 0 Å². The van der Waals surface area contributed by atoms with Crippen LogP contribution in [0.25, 0.3) is 16.5 Å². The van der Waals surface area contributed by atoms with Gasteiger partial charge in [-0.1, -0.05) is 18.2 Å². The summed E-state index contributed by atoms with van der Waals surface area (Å²) in [6, 6.07) is 8.19. The summed E-state index contributed by atoms with van der Waals surface area (Å²) in [6.07, 6.45) is -7.24. The lowest BCUT2D eigenvalue weighted by Crippen LogP contribution is -2.21. The van der Waals surface area contributed by atoms with Crippen LogP contribution in [-0.4, -0.2) is 27.0 Å². The van der Waals surface area contributed by atoms with Crippen molar-refractivity contribution in [3.63, 3.8) is 0 Å². The number of rotatable bonds is 6. The van der Waals surface area contributed by atoms with Crippen LogP contribution in [0.4, 0.5) is 37.7 Å². The van der Waals surface area contributed by atoms with E-state index < -0.39 is 35.2 Å². The first-order valence-corrected chi connectivity index (χ1v) is 11.2. The number of aldehydes is 1. The number of nitrogens with zero attached hydrogens (tertiary/aromatic N) is 3. The van der Waals surface area contributed by atoms with E-state index >= 15 is 0 Å². The Morgan fingerprint density at radius 3 is 2.61 bits per heavy atom. The summed E-state index contributed by atoms with van der Waals surface area (Å²) in [4.78, 5) is 27.0. The van der Waals surface area contributed by atoms with Crippen LogP contribution >= 0.6 is 0 Å². The second-order valence-corrected chi connectivity index (χ2v) is 8.53. The Morgan fingerprint density at radius 2 is 1.89 bits per heavy atom. The van der Waals surface area contributed by atoms with Gasteiger partial charge in [-0.15, -0.1) is 0 Å². The average molecular weight is 533 g/mol. The number of anilines is 2. The second-order valence-electron chi connectivity index (χ2n) is 8.53. The van der Waals surface area contributed by atoms with Crippen LogP contribution in [0.5, 0.6) is 0 Å². The molecule has 3 heterocycles. The molecule has 0 aliphatic carbocycles. The molecule has 2 aromatic carbocycles. The highest BCUT2D eigenvalue weighted by atomic mass is 19.4. The lowest BCUT2D eigenvalue weighted by Gasteiger charge is -2.17. The maximum atomic E-state index is 14.4. The molecule has 5 rings (SSSR count). The normalized spacial score (nSPS) is 13.0. The van der Waals surface area contributed by atoms with Gasteiger partial charge in [0.05, 0.1) is 17.4 Å². The molecule has 0 saturated carbocycles. The Bertz CT molecular complexity index is 1580. The standard InChI is InChI=1S/C25H17F6N5O2/c26-24(27,28)19-10-15(6-7-32-19)35-23(38)17-12-34-36(22(17)25(29,30)31)18-9-13(4-2-8-37)21-20-14(11-33-21)3-1-5-16(18)20/h1,3,5-10,12,33H,2,4,11H2,(H,32,35,38). The van der Waals surface area contributed by atoms with Gasteiger partial charge in [0.2, 0.25) is 0 Å². The molecular formula is C25H17F6N5O2. The predicted molar refractivity (Wildman–Crippen MR) is 125 cm³/mol. The summed E-state index contributed by atoms with van der Waals surface area (Å²) in [6.45, 7) is 0.453. The molecule has 0 fully saturated rings. The first-order chi connectivity index (χ1) is 18.0. The molecule has 0 bridgehead atoms. The molecule has 7 nitrogen and oxygen atoms in total. The molecule has 1 aliphatic heterocycles. The van der Waals surface area contributed by atoms with Crippen molar-refractivity contribution >= 4 is 34.3 Å². The molecule has 4 aromatic rings. The van der Waals surface area contributed by atoms with Crippen LogP contribution in [0.1, 0.15) is 39.3 Å². The number of hydrogen-bond donors (Lipinski definition) is 2. The maximum absolute atomic E-state index is 14.4. The van der Waals surface area contributed by atoms with Crippen molar-refractivity contribution in [2.24, 2.45) is 0 Å². The predicted octanol–water partition coefficient (Wildman–Crippen LogP) is 5.77. The Balaban J connectivity index is 1.63. The zero-order valence-electron chi connectivity index (χ0n) is 19.2. The third-order valence-electron chi connectivity index (χ3n) is 6.11. The van der Waals surface area contributed by atoms with E-state index in [0.717, 1.165) is 29.7 Å². The van der Waals surface area contributed by atoms with Gasteiger partial charge in [-0.2, -0.15) is 31.4 Å². The van der Waals surface area contributed by atoms with Gasteiger partial charge in [0.15, 0.2) is 5.69 Å². The summed E-state index contributed by atoms with van der Waals surface area (Å²) in [5, 5.41) is 10.3. The van der Waals surface area contributed by atoms with E-state index in [4.69, 9.17) is 0 Å². The van der Waals surface area contributed by atoms with Crippen LogP contribution in [0, 0.1) is 0 Å². The Hall–Kier alpha value is -4.42. The molecule has 2 aromatic heterocycles. The first-order valence-electron chi connectivity index (χ1n) is 11.2. The number of halogens is 6. The van der Waals surface area contributed by atoms with E-state index in [9.17, 15) is 35.9 Å². The number of carbonyl (C=O) groups excluding carboxylic acids is 2. The number of pyridine rings is 1. The Morgan fingerprint density at radius 1 is 1.11 bits per heavy atom. The SMILES string of the molecule is O=CCCc1cc(-n2ncc(C(=O)Nc3ccnc(C(F)(F)F)c3)c2C(F)(F)F)c2cccc3c2c1NC3. The summed E-state index contributed by atoms with van der Waals surface area (Å²) >= 11 is 0. The molecule has 0 radical (unpaired) electrons. The maximum Gasteiger partial charge on any atom is 0.434 e. The molecule has 2 N–H and O–H groups in total. The van der Waals surface area contributed by atoms with Crippen molar-refractivity contribution in [1.29, 1.82) is 0 Å². The minimum absolute atomic E-state index is 0.0462. The van der Waals surface area contributed by atoms with Crippen molar-refractivity contribution in [2.45, 2.75) is 31.7 Å². The third-order valence-corrected chi connectivity index (χ3v) is 6.11. The van der Waals surface area contributed by atoms with Gasteiger partial charge >= 0.3 is 12.4 Å². The molecule has 196 valence electrons. The molecule has 1 aliphatic rings. The Kier molecular flexibility index (Phi) is 6.08. The number of benzene rings is 2. The number of carbonyl (C=O) groups is 2.